The molecule has 0 spiro atoms. The van der Waals surface area contributed by atoms with Crippen LogP contribution in [0.3, 0.4) is 0 Å². The lowest BCUT2D eigenvalue weighted by atomic mass is 10.2. The number of amides is 1. The molecular weight excluding hydrogens is 202 g/mol. The molecule has 14 heavy (non-hydrogen) atoms. The van der Waals surface area contributed by atoms with E-state index in [4.69, 9.17) is 16.3 Å². The zero-order valence-corrected chi connectivity index (χ0v) is 9.59. The number of hydrogen-bond acceptors (Lipinski definition) is 2. The number of ether oxygens (including phenoxy) is 1. The van der Waals surface area contributed by atoms with Crippen LogP contribution in [-0.4, -0.2) is 42.5 Å². The minimum absolute atomic E-state index is 0.0636. The average molecular weight is 220 g/mol. The molecule has 1 aliphatic rings. The van der Waals surface area contributed by atoms with Crippen LogP contribution in [0.5, 0.6) is 0 Å². The van der Waals surface area contributed by atoms with Crippen LogP contribution >= 0.6 is 11.6 Å². The largest absolute Gasteiger partial charge is 0.383 e. The smallest absolute Gasteiger partial charge is 0.240 e. The molecular formula is C10H18ClNO2. The van der Waals surface area contributed by atoms with Gasteiger partial charge >= 0.3 is 0 Å². The lowest BCUT2D eigenvalue weighted by Crippen LogP contribution is -2.42. The van der Waals surface area contributed by atoms with Crippen LogP contribution in [0.1, 0.15) is 26.2 Å². The van der Waals surface area contributed by atoms with Crippen LogP contribution in [0.15, 0.2) is 0 Å². The van der Waals surface area contributed by atoms with Crippen molar-refractivity contribution in [2.75, 3.05) is 20.3 Å². The lowest BCUT2D eigenvalue weighted by molar-refractivity contribution is -0.132. The van der Waals surface area contributed by atoms with Gasteiger partial charge in [-0.3, -0.25) is 4.79 Å². The molecule has 0 bridgehead atoms. The molecule has 1 fully saturated rings. The van der Waals surface area contributed by atoms with E-state index in [-0.39, 0.29) is 17.3 Å². The third kappa shape index (κ3) is 2.61. The van der Waals surface area contributed by atoms with Crippen LogP contribution in [0.4, 0.5) is 0 Å². The maximum Gasteiger partial charge on any atom is 0.240 e. The minimum Gasteiger partial charge on any atom is -0.383 e. The monoisotopic (exact) mass is 219 g/mol. The molecule has 0 saturated carbocycles. The molecule has 1 aliphatic heterocycles. The second-order valence-electron chi connectivity index (χ2n) is 3.66. The fraction of sp³-hybridized carbons (Fsp3) is 0.900. The summed E-state index contributed by atoms with van der Waals surface area (Å²) < 4.78 is 5.08. The first-order valence-corrected chi connectivity index (χ1v) is 5.57. The Kier molecular flexibility index (Phi) is 4.69. The van der Waals surface area contributed by atoms with Crippen molar-refractivity contribution in [3.05, 3.63) is 0 Å². The third-order valence-corrected chi connectivity index (χ3v) is 3.14. The Morgan fingerprint density at radius 3 is 3.00 bits per heavy atom. The van der Waals surface area contributed by atoms with Gasteiger partial charge in [0.2, 0.25) is 5.91 Å². The van der Waals surface area contributed by atoms with E-state index in [1.54, 1.807) is 7.11 Å². The molecule has 4 heteroatoms. The number of hydrogen-bond donors (Lipinski definition) is 0. The van der Waals surface area contributed by atoms with E-state index >= 15 is 0 Å². The number of methoxy groups -OCH3 is 1. The maximum atomic E-state index is 11.8. The lowest BCUT2D eigenvalue weighted by Gasteiger charge is -2.25. The van der Waals surface area contributed by atoms with E-state index in [1.165, 1.54) is 0 Å². The summed E-state index contributed by atoms with van der Waals surface area (Å²) in [4.78, 5) is 13.7. The highest BCUT2D eigenvalue weighted by Crippen LogP contribution is 2.20. The summed E-state index contributed by atoms with van der Waals surface area (Å²) in [5, 5.41) is -0.368. The number of carbonyl (C=O) groups excluding carboxylic acids is 1. The molecule has 0 aromatic carbocycles. The molecule has 0 aliphatic carbocycles. The molecule has 1 saturated heterocycles. The first kappa shape index (κ1) is 11.8. The van der Waals surface area contributed by atoms with E-state index in [2.05, 4.69) is 0 Å². The van der Waals surface area contributed by atoms with Gasteiger partial charge in [0.25, 0.3) is 0 Å². The van der Waals surface area contributed by atoms with Crippen LogP contribution in [0.2, 0.25) is 0 Å². The van der Waals surface area contributed by atoms with Gasteiger partial charge < -0.3 is 9.64 Å². The number of rotatable bonds is 4. The average Bonchev–Trinajstić information content (AvgIpc) is 2.64. The number of halogens is 1. The van der Waals surface area contributed by atoms with Gasteiger partial charge in [-0.15, -0.1) is 11.6 Å². The van der Waals surface area contributed by atoms with E-state index in [9.17, 15) is 4.79 Å². The van der Waals surface area contributed by atoms with E-state index in [1.807, 2.05) is 11.8 Å². The highest BCUT2D eigenvalue weighted by molar-refractivity contribution is 6.30. The predicted molar refractivity (Wildman–Crippen MR) is 56.5 cm³/mol. The molecule has 2 atom stereocenters. The van der Waals surface area contributed by atoms with Crippen molar-refractivity contribution in [1.82, 2.24) is 4.90 Å². The first-order chi connectivity index (χ1) is 6.70. The summed E-state index contributed by atoms with van der Waals surface area (Å²) in [6.45, 7) is 3.38. The fourth-order valence-corrected chi connectivity index (χ4v) is 1.97. The van der Waals surface area contributed by atoms with Gasteiger partial charge in [-0.05, 0) is 19.3 Å². The number of likely N-dealkylation sites (tertiary alicyclic amines) is 1. The highest BCUT2D eigenvalue weighted by atomic mass is 35.5. The van der Waals surface area contributed by atoms with E-state index in [0.717, 1.165) is 19.4 Å². The summed E-state index contributed by atoms with van der Waals surface area (Å²) in [6, 6.07) is 0.236. The summed E-state index contributed by atoms with van der Waals surface area (Å²) in [6.07, 6.45) is 2.79. The fourth-order valence-electron chi connectivity index (χ4n) is 1.85. The number of carbonyl (C=O) groups is 1. The van der Waals surface area contributed by atoms with Crippen LogP contribution in [0, 0.1) is 0 Å². The third-order valence-electron chi connectivity index (χ3n) is 2.65. The molecule has 82 valence electrons. The SMILES string of the molecule is CC[C@@H](Cl)C(=O)N1CCC[C@H]1COC. The quantitative estimate of drug-likeness (QED) is 0.673. The second-order valence-corrected chi connectivity index (χ2v) is 4.19. The molecule has 3 nitrogen and oxygen atoms in total. The Balaban J connectivity index is 2.53. The van der Waals surface area contributed by atoms with Crippen molar-refractivity contribution < 1.29 is 9.53 Å². The Hall–Kier alpha value is -0.280. The standard InChI is InChI=1S/C10H18ClNO2/c1-3-9(11)10(13)12-6-4-5-8(12)7-14-2/h8-9H,3-7H2,1-2H3/t8-,9+/m0/s1. The normalized spacial score (nSPS) is 23.9. The summed E-state index contributed by atoms with van der Waals surface area (Å²) in [5.41, 5.74) is 0. The highest BCUT2D eigenvalue weighted by Gasteiger charge is 2.31. The zero-order valence-electron chi connectivity index (χ0n) is 8.83. The van der Waals surface area contributed by atoms with Gasteiger partial charge in [-0.2, -0.15) is 0 Å². The Bertz CT molecular complexity index is 199. The topological polar surface area (TPSA) is 29.5 Å². The first-order valence-electron chi connectivity index (χ1n) is 5.14. The Labute approximate surface area is 90.4 Å². The van der Waals surface area contributed by atoms with Gasteiger partial charge in [0.15, 0.2) is 0 Å². The minimum atomic E-state index is -0.368. The Morgan fingerprint density at radius 1 is 1.71 bits per heavy atom. The Morgan fingerprint density at radius 2 is 2.43 bits per heavy atom. The van der Waals surface area contributed by atoms with Crippen molar-refractivity contribution in [2.45, 2.75) is 37.6 Å². The van der Waals surface area contributed by atoms with Crippen molar-refractivity contribution in [3.63, 3.8) is 0 Å². The molecule has 0 aromatic rings. The van der Waals surface area contributed by atoms with E-state index in [0.29, 0.717) is 13.0 Å². The second kappa shape index (κ2) is 5.56. The molecule has 1 rings (SSSR count). The zero-order chi connectivity index (χ0) is 10.6. The van der Waals surface area contributed by atoms with Gasteiger partial charge in [-0.1, -0.05) is 6.92 Å². The van der Waals surface area contributed by atoms with Crippen LogP contribution in [-0.2, 0) is 9.53 Å². The molecule has 0 radical (unpaired) electrons. The van der Waals surface area contributed by atoms with Gasteiger partial charge in [-0.25, -0.2) is 0 Å². The van der Waals surface area contributed by atoms with Crippen molar-refractivity contribution >= 4 is 17.5 Å². The summed E-state index contributed by atoms with van der Waals surface area (Å²) in [5.74, 6) is 0.0636. The summed E-state index contributed by atoms with van der Waals surface area (Å²) in [7, 11) is 1.67. The van der Waals surface area contributed by atoms with E-state index < -0.39 is 0 Å². The molecule has 1 amide bonds. The van der Waals surface area contributed by atoms with Gasteiger partial charge in [0.05, 0.1) is 12.6 Å². The number of alkyl halides is 1. The van der Waals surface area contributed by atoms with Crippen LogP contribution < -0.4 is 0 Å². The predicted octanol–water partition coefficient (Wildman–Crippen LogP) is 1.64. The maximum absolute atomic E-state index is 11.8. The summed E-state index contributed by atoms with van der Waals surface area (Å²) >= 11 is 5.93. The molecule has 0 N–H and O–H groups in total. The van der Waals surface area contributed by atoms with Crippen molar-refractivity contribution in [1.29, 1.82) is 0 Å². The van der Waals surface area contributed by atoms with Crippen molar-refractivity contribution in [3.8, 4) is 0 Å². The molecule has 0 unspecified atom stereocenters. The van der Waals surface area contributed by atoms with Gasteiger partial charge in [0, 0.05) is 13.7 Å². The van der Waals surface area contributed by atoms with Crippen molar-refractivity contribution in [2.24, 2.45) is 0 Å². The number of nitrogens with zero attached hydrogens (tertiary/aromatic N) is 1. The van der Waals surface area contributed by atoms with Gasteiger partial charge in [0.1, 0.15) is 5.38 Å². The molecule has 1 heterocycles. The molecule has 0 aromatic heterocycles. The van der Waals surface area contributed by atoms with Crippen LogP contribution in [0.25, 0.3) is 0 Å².